The van der Waals surface area contributed by atoms with Gasteiger partial charge >= 0.3 is 0 Å². The largest absolute Gasteiger partial charge is 0.358 e. The number of nitrogens with one attached hydrogen (secondary N) is 1. The van der Waals surface area contributed by atoms with Crippen molar-refractivity contribution in [1.29, 1.82) is 0 Å². The topological polar surface area (TPSA) is 66.5 Å². The minimum Gasteiger partial charge on any atom is -0.358 e. The molecule has 1 heterocycles. The second-order valence-corrected chi connectivity index (χ2v) is 9.76. The summed E-state index contributed by atoms with van der Waals surface area (Å²) in [4.78, 5) is 12.5. The number of hydrogen-bond donors (Lipinski definition) is 1. The molecule has 1 aromatic rings. The Balaban J connectivity index is 2.54. The van der Waals surface area contributed by atoms with E-state index in [0.717, 1.165) is 29.5 Å². The highest BCUT2D eigenvalue weighted by molar-refractivity contribution is 7.89. The van der Waals surface area contributed by atoms with E-state index in [1.54, 1.807) is 7.05 Å². The minimum atomic E-state index is -3.72. The fraction of sp³-hybridized carbons (Fsp3) is 0.632. The van der Waals surface area contributed by atoms with E-state index in [-0.39, 0.29) is 11.3 Å². The van der Waals surface area contributed by atoms with E-state index < -0.39 is 16.1 Å². The Morgan fingerprint density at radius 2 is 1.72 bits per heavy atom. The van der Waals surface area contributed by atoms with Crippen LogP contribution in [-0.2, 0) is 20.2 Å². The van der Waals surface area contributed by atoms with Gasteiger partial charge in [0.1, 0.15) is 6.04 Å². The predicted octanol–water partition coefficient (Wildman–Crippen LogP) is 2.89. The lowest BCUT2D eigenvalue weighted by Gasteiger charge is -2.34. The number of likely N-dealkylation sites (N-methyl/N-ethyl adjacent to an activating group) is 1. The van der Waals surface area contributed by atoms with E-state index in [0.29, 0.717) is 17.9 Å². The molecule has 0 spiro atoms. The zero-order valence-corrected chi connectivity index (χ0v) is 17.0. The van der Waals surface area contributed by atoms with Crippen molar-refractivity contribution in [2.75, 3.05) is 13.6 Å². The first-order valence-corrected chi connectivity index (χ1v) is 10.3. The number of carbonyl (C=O) groups is 1. The smallest absolute Gasteiger partial charge is 0.244 e. The van der Waals surface area contributed by atoms with Crippen LogP contribution in [0.3, 0.4) is 0 Å². The Kier molecular flexibility index (Phi) is 5.64. The van der Waals surface area contributed by atoms with Gasteiger partial charge in [-0.2, -0.15) is 4.31 Å². The number of piperidine rings is 1. The molecule has 5 nitrogen and oxygen atoms in total. The highest BCUT2D eigenvalue weighted by Crippen LogP contribution is 2.33. The van der Waals surface area contributed by atoms with Crippen LogP contribution in [-0.4, -0.2) is 38.3 Å². The van der Waals surface area contributed by atoms with Gasteiger partial charge in [0.2, 0.25) is 15.9 Å². The molecule has 1 aliphatic heterocycles. The van der Waals surface area contributed by atoms with E-state index in [4.69, 9.17) is 0 Å². The minimum absolute atomic E-state index is 0.0480. The van der Waals surface area contributed by atoms with Gasteiger partial charge in [-0.15, -0.1) is 0 Å². The van der Waals surface area contributed by atoms with Crippen molar-refractivity contribution in [3.05, 3.63) is 28.8 Å². The second-order valence-electron chi connectivity index (χ2n) is 7.93. The van der Waals surface area contributed by atoms with Crippen LogP contribution in [0.2, 0.25) is 0 Å². The summed E-state index contributed by atoms with van der Waals surface area (Å²) >= 11 is 0. The first-order valence-electron chi connectivity index (χ1n) is 8.85. The van der Waals surface area contributed by atoms with Crippen LogP contribution >= 0.6 is 0 Å². The molecular weight excluding hydrogens is 336 g/mol. The molecule has 1 N–H and O–H groups in total. The molecule has 1 aliphatic rings. The van der Waals surface area contributed by atoms with Crippen LogP contribution in [0, 0.1) is 13.8 Å². The molecule has 1 saturated heterocycles. The van der Waals surface area contributed by atoms with Gasteiger partial charge in [-0.05, 0) is 48.8 Å². The summed E-state index contributed by atoms with van der Waals surface area (Å²) in [5.41, 5.74) is 2.55. The molecule has 0 radical (unpaired) electrons. The standard InChI is InChI=1S/C19H30N2O3S/c1-13-11-15(19(3,4)5)12-14(2)17(13)25(23,24)21-10-8-7-9-16(21)18(22)20-6/h11-12,16H,7-10H2,1-6H3,(H,20,22)/t16-/m1/s1. The second kappa shape index (κ2) is 7.08. The van der Waals surface area contributed by atoms with Gasteiger partial charge < -0.3 is 5.32 Å². The zero-order valence-electron chi connectivity index (χ0n) is 16.1. The molecule has 1 fully saturated rings. The quantitative estimate of drug-likeness (QED) is 0.894. The van der Waals surface area contributed by atoms with Crippen molar-refractivity contribution in [3.8, 4) is 0 Å². The third-order valence-corrected chi connectivity index (χ3v) is 7.11. The molecule has 0 bridgehead atoms. The van der Waals surface area contributed by atoms with Gasteiger partial charge in [-0.25, -0.2) is 8.42 Å². The number of rotatable bonds is 3. The van der Waals surface area contributed by atoms with Crippen LogP contribution in [0.25, 0.3) is 0 Å². The summed E-state index contributed by atoms with van der Waals surface area (Å²) < 4.78 is 28.1. The highest BCUT2D eigenvalue weighted by Gasteiger charge is 2.38. The molecule has 1 atom stereocenters. The first-order chi connectivity index (χ1) is 11.5. The van der Waals surface area contributed by atoms with Crippen molar-refractivity contribution in [2.45, 2.75) is 70.2 Å². The molecule has 0 aliphatic carbocycles. The molecule has 0 aromatic heterocycles. The van der Waals surface area contributed by atoms with Crippen molar-refractivity contribution in [1.82, 2.24) is 9.62 Å². The van der Waals surface area contributed by atoms with E-state index in [1.165, 1.54) is 4.31 Å². The average molecular weight is 367 g/mol. The molecular formula is C19H30N2O3S. The average Bonchev–Trinajstić information content (AvgIpc) is 2.52. The molecule has 6 heteroatoms. The lowest BCUT2D eigenvalue weighted by molar-refractivity contribution is -0.125. The molecule has 140 valence electrons. The van der Waals surface area contributed by atoms with E-state index in [9.17, 15) is 13.2 Å². The zero-order chi connectivity index (χ0) is 19.0. The number of nitrogens with zero attached hydrogens (tertiary/aromatic N) is 1. The fourth-order valence-corrected chi connectivity index (χ4v) is 5.60. The maximum atomic E-state index is 13.4. The van der Waals surface area contributed by atoms with Crippen molar-refractivity contribution in [3.63, 3.8) is 0 Å². The van der Waals surface area contributed by atoms with Crippen LogP contribution in [0.15, 0.2) is 17.0 Å². The van der Waals surface area contributed by atoms with Crippen molar-refractivity contribution < 1.29 is 13.2 Å². The third-order valence-electron chi connectivity index (χ3n) is 4.90. The maximum absolute atomic E-state index is 13.4. The van der Waals surface area contributed by atoms with Crippen molar-refractivity contribution >= 4 is 15.9 Å². The van der Waals surface area contributed by atoms with Gasteiger partial charge in [0.05, 0.1) is 4.90 Å². The Hall–Kier alpha value is -1.40. The summed E-state index contributed by atoms with van der Waals surface area (Å²) in [6.45, 7) is 10.4. The molecule has 0 unspecified atom stereocenters. The van der Waals surface area contributed by atoms with Gasteiger partial charge in [-0.1, -0.05) is 39.3 Å². The summed E-state index contributed by atoms with van der Waals surface area (Å²) in [5, 5.41) is 2.60. The van der Waals surface area contributed by atoms with E-state index in [2.05, 4.69) is 26.1 Å². The Bertz CT molecular complexity index is 740. The number of amides is 1. The van der Waals surface area contributed by atoms with Gasteiger partial charge in [0, 0.05) is 13.6 Å². The van der Waals surface area contributed by atoms with Crippen LogP contribution in [0.4, 0.5) is 0 Å². The lowest BCUT2D eigenvalue weighted by atomic mass is 9.85. The van der Waals surface area contributed by atoms with Crippen LogP contribution in [0.1, 0.15) is 56.7 Å². The molecule has 1 aromatic carbocycles. The third kappa shape index (κ3) is 3.90. The van der Waals surface area contributed by atoms with Gasteiger partial charge in [0.25, 0.3) is 0 Å². The molecule has 1 amide bonds. The van der Waals surface area contributed by atoms with Crippen LogP contribution in [0.5, 0.6) is 0 Å². The maximum Gasteiger partial charge on any atom is 0.244 e. The number of sulfonamides is 1. The summed E-state index contributed by atoms with van der Waals surface area (Å²) in [6.07, 6.45) is 2.22. The van der Waals surface area contributed by atoms with Gasteiger partial charge in [-0.3, -0.25) is 4.79 Å². The first kappa shape index (κ1) is 19.9. The molecule has 2 rings (SSSR count). The van der Waals surface area contributed by atoms with Crippen molar-refractivity contribution in [2.24, 2.45) is 0 Å². The SMILES string of the molecule is CNC(=O)[C@H]1CCCCN1S(=O)(=O)c1c(C)cc(C(C)(C)C)cc1C. The number of hydrogen-bond acceptors (Lipinski definition) is 3. The fourth-order valence-electron chi connectivity index (χ4n) is 3.53. The van der Waals surface area contributed by atoms with E-state index in [1.807, 2.05) is 26.0 Å². The Morgan fingerprint density at radius 1 is 1.16 bits per heavy atom. The number of carbonyl (C=O) groups excluding carboxylic acids is 1. The summed E-state index contributed by atoms with van der Waals surface area (Å²) in [6, 6.07) is 3.29. The Morgan fingerprint density at radius 3 is 2.20 bits per heavy atom. The normalized spacial score (nSPS) is 19.7. The molecule has 25 heavy (non-hydrogen) atoms. The summed E-state index contributed by atoms with van der Waals surface area (Å²) in [5.74, 6) is -0.232. The van der Waals surface area contributed by atoms with Gasteiger partial charge in [0.15, 0.2) is 0 Å². The highest BCUT2D eigenvalue weighted by atomic mass is 32.2. The lowest BCUT2D eigenvalue weighted by Crippen LogP contribution is -2.51. The van der Waals surface area contributed by atoms with E-state index >= 15 is 0 Å². The van der Waals surface area contributed by atoms with Crippen LogP contribution < -0.4 is 5.32 Å². The molecule has 0 saturated carbocycles. The summed E-state index contributed by atoms with van der Waals surface area (Å²) in [7, 11) is -2.17. The number of aryl methyl sites for hydroxylation is 2. The predicted molar refractivity (Wildman–Crippen MR) is 100 cm³/mol. The Labute approximate surface area is 151 Å². The number of benzene rings is 1. The monoisotopic (exact) mass is 366 g/mol.